The van der Waals surface area contributed by atoms with Gasteiger partial charge in [-0.05, 0) is 32.6 Å². The van der Waals surface area contributed by atoms with E-state index in [1.807, 2.05) is 26.8 Å². The second kappa shape index (κ2) is 3.88. The molecule has 1 aromatic rings. The quantitative estimate of drug-likeness (QED) is 0.806. The molecule has 2 fully saturated rings. The highest BCUT2D eigenvalue weighted by atomic mass is 16.6. The first-order valence-electron chi connectivity index (χ1n) is 6.64. The van der Waals surface area contributed by atoms with Crippen LogP contribution in [0.3, 0.4) is 0 Å². The number of aromatic amines is 1. The SMILES string of the molecule is CC(C)(C)OC(=O)N1C[C@@H]2[C@H](C1)[C@H]2c1cc(N)n[nH]1. The van der Waals surface area contributed by atoms with Gasteiger partial charge in [0.25, 0.3) is 0 Å². The maximum absolute atomic E-state index is 11.9. The van der Waals surface area contributed by atoms with Crippen LogP contribution in [-0.2, 0) is 4.74 Å². The van der Waals surface area contributed by atoms with E-state index in [0.717, 1.165) is 18.8 Å². The van der Waals surface area contributed by atoms with Crippen molar-refractivity contribution in [2.24, 2.45) is 11.8 Å². The Morgan fingerprint density at radius 3 is 2.58 bits per heavy atom. The number of carbonyl (C=O) groups excluding carboxylic acids is 1. The molecule has 3 N–H and O–H groups in total. The Kier molecular flexibility index (Phi) is 2.52. The van der Waals surface area contributed by atoms with Gasteiger partial charge in [-0.1, -0.05) is 0 Å². The second-order valence-corrected chi connectivity index (χ2v) is 6.49. The zero-order valence-corrected chi connectivity index (χ0v) is 11.5. The summed E-state index contributed by atoms with van der Waals surface area (Å²) in [7, 11) is 0. The third-order valence-electron chi connectivity index (χ3n) is 3.82. The smallest absolute Gasteiger partial charge is 0.410 e. The first-order chi connectivity index (χ1) is 8.85. The molecule has 1 amide bonds. The van der Waals surface area contributed by atoms with Crippen LogP contribution in [0.15, 0.2) is 6.07 Å². The number of amides is 1. The topological polar surface area (TPSA) is 84.2 Å². The van der Waals surface area contributed by atoms with Gasteiger partial charge in [-0.3, -0.25) is 5.10 Å². The monoisotopic (exact) mass is 264 g/mol. The van der Waals surface area contributed by atoms with E-state index in [9.17, 15) is 4.79 Å². The third kappa shape index (κ3) is 2.27. The van der Waals surface area contributed by atoms with Crippen LogP contribution in [0.1, 0.15) is 32.4 Å². The van der Waals surface area contributed by atoms with E-state index in [2.05, 4.69) is 10.2 Å². The van der Waals surface area contributed by atoms with Crippen molar-refractivity contribution in [2.45, 2.75) is 32.3 Å². The summed E-state index contributed by atoms with van der Waals surface area (Å²) in [5, 5.41) is 6.92. The summed E-state index contributed by atoms with van der Waals surface area (Å²) in [5.41, 5.74) is 6.28. The summed E-state index contributed by atoms with van der Waals surface area (Å²) in [6.07, 6.45) is -0.206. The molecule has 19 heavy (non-hydrogen) atoms. The van der Waals surface area contributed by atoms with Crippen molar-refractivity contribution < 1.29 is 9.53 Å². The lowest BCUT2D eigenvalue weighted by molar-refractivity contribution is 0.0271. The van der Waals surface area contributed by atoms with Crippen molar-refractivity contribution in [2.75, 3.05) is 18.8 Å². The van der Waals surface area contributed by atoms with Crippen molar-refractivity contribution in [1.82, 2.24) is 15.1 Å². The molecule has 1 aliphatic carbocycles. The van der Waals surface area contributed by atoms with Crippen LogP contribution in [0.2, 0.25) is 0 Å². The number of fused-ring (bicyclic) bond motifs is 1. The van der Waals surface area contributed by atoms with Crippen LogP contribution >= 0.6 is 0 Å². The van der Waals surface area contributed by atoms with Crippen LogP contribution in [0.25, 0.3) is 0 Å². The summed E-state index contributed by atoms with van der Waals surface area (Å²) >= 11 is 0. The maximum Gasteiger partial charge on any atom is 0.410 e. The van der Waals surface area contributed by atoms with Gasteiger partial charge in [0.1, 0.15) is 11.4 Å². The minimum absolute atomic E-state index is 0.206. The van der Waals surface area contributed by atoms with E-state index < -0.39 is 5.60 Å². The molecular formula is C13H20N4O2. The van der Waals surface area contributed by atoms with Gasteiger partial charge >= 0.3 is 6.09 Å². The fraction of sp³-hybridized carbons (Fsp3) is 0.692. The molecule has 2 heterocycles. The van der Waals surface area contributed by atoms with Crippen molar-refractivity contribution in [3.05, 3.63) is 11.8 Å². The fourth-order valence-electron chi connectivity index (χ4n) is 2.99. The summed E-state index contributed by atoms with van der Waals surface area (Å²) in [5.74, 6) is 2.05. The highest BCUT2D eigenvalue weighted by Gasteiger charge is 2.58. The van der Waals surface area contributed by atoms with Gasteiger partial charge in [-0.25, -0.2) is 4.79 Å². The standard InChI is InChI=1S/C13H20N4O2/c1-13(2,3)19-12(18)17-5-7-8(6-17)11(7)9-4-10(14)16-15-9/h4,7-8,11H,5-6H2,1-3H3,(H3,14,15,16)/t7-,8+,11+. The van der Waals surface area contributed by atoms with E-state index in [-0.39, 0.29) is 6.09 Å². The summed E-state index contributed by atoms with van der Waals surface area (Å²) < 4.78 is 5.38. The number of ether oxygens (including phenoxy) is 1. The average molecular weight is 264 g/mol. The van der Waals surface area contributed by atoms with Crippen molar-refractivity contribution >= 4 is 11.9 Å². The zero-order valence-electron chi connectivity index (χ0n) is 11.5. The number of piperidine rings is 1. The van der Waals surface area contributed by atoms with Crippen molar-refractivity contribution in [1.29, 1.82) is 0 Å². The molecule has 0 aromatic carbocycles. The van der Waals surface area contributed by atoms with E-state index in [1.54, 1.807) is 4.90 Å². The Bertz CT molecular complexity index is 493. The zero-order chi connectivity index (χ0) is 13.8. The molecule has 3 atom stereocenters. The van der Waals surface area contributed by atoms with Gasteiger partial charge < -0.3 is 15.4 Å². The Hall–Kier alpha value is -1.72. The number of anilines is 1. The minimum atomic E-state index is -0.429. The molecule has 6 nitrogen and oxygen atoms in total. The van der Waals surface area contributed by atoms with Gasteiger partial charge in [-0.2, -0.15) is 5.10 Å². The van der Waals surface area contributed by atoms with Crippen molar-refractivity contribution in [3.63, 3.8) is 0 Å². The molecule has 0 spiro atoms. The van der Waals surface area contributed by atoms with Gasteiger partial charge in [-0.15, -0.1) is 0 Å². The lowest BCUT2D eigenvalue weighted by atomic mass is 10.2. The molecule has 1 saturated carbocycles. The van der Waals surface area contributed by atoms with E-state index in [4.69, 9.17) is 10.5 Å². The van der Waals surface area contributed by atoms with Crippen LogP contribution in [0, 0.1) is 11.8 Å². The Balaban J connectivity index is 1.57. The minimum Gasteiger partial charge on any atom is -0.444 e. The van der Waals surface area contributed by atoms with E-state index in [1.165, 1.54) is 0 Å². The molecule has 1 aliphatic heterocycles. The molecule has 0 bridgehead atoms. The van der Waals surface area contributed by atoms with Crippen LogP contribution < -0.4 is 5.73 Å². The second-order valence-electron chi connectivity index (χ2n) is 6.49. The number of hydrogen-bond acceptors (Lipinski definition) is 4. The van der Waals surface area contributed by atoms with Gasteiger partial charge in [0.15, 0.2) is 0 Å². The largest absolute Gasteiger partial charge is 0.444 e. The predicted molar refractivity (Wildman–Crippen MR) is 70.5 cm³/mol. The molecule has 6 heteroatoms. The number of nitrogens with zero attached hydrogens (tertiary/aromatic N) is 2. The summed E-state index contributed by atoms with van der Waals surface area (Å²) in [4.78, 5) is 13.7. The number of likely N-dealkylation sites (tertiary alicyclic amines) is 1. The lowest BCUT2D eigenvalue weighted by Gasteiger charge is -2.25. The molecule has 1 aromatic heterocycles. The Labute approximate surface area is 112 Å². The van der Waals surface area contributed by atoms with Gasteiger partial charge in [0.2, 0.25) is 0 Å². The molecular weight excluding hydrogens is 244 g/mol. The van der Waals surface area contributed by atoms with Gasteiger partial charge in [0, 0.05) is 30.8 Å². The van der Waals surface area contributed by atoms with Crippen LogP contribution in [0.5, 0.6) is 0 Å². The lowest BCUT2D eigenvalue weighted by Crippen LogP contribution is -2.36. The number of hydrogen-bond donors (Lipinski definition) is 2. The van der Waals surface area contributed by atoms with Crippen LogP contribution in [-0.4, -0.2) is 39.9 Å². The predicted octanol–water partition coefficient (Wildman–Crippen LogP) is 1.57. The number of carbonyl (C=O) groups is 1. The number of nitrogens with two attached hydrogens (primary N) is 1. The number of nitrogen functional groups attached to an aromatic ring is 1. The molecule has 1 saturated heterocycles. The molecule has 2 aliphatic rings. The van der Waals surface area contributed by atoms with Crippen LogP contribution in [0.4, 0.5) is 10.6 Å². The number of H-pyrrole nitrogens is 1. The van der Waals surface area contributed by atoms with E-state index >= 15 is 0 Å². The number of aromatic nitrogens is 2. The molecule has 0 radical (unpaired) electrons. The average Bonchev–Trinajstić information content (AvgIpc) is 2.67. The first-order valence-corrected chi connectivity index (χ1v) is 6.64. The number of rotatable bonds is 1. The fourth-order valence-corrected chi connectivity index (χ4v) is 2.99. The van der Waals surface area contributed by atoms with Gasteiger partial charge in [0.05, 0.1) is 0 Å². The Morgan fingerprint density at radius 1 is 1.47 bits per heavy atom. The summed E-state index contributed by atoms with van der Waals surface area (Å²) in [6, 6.07) is 1.89. The highest BCUT2D eigenvalue weighted by Crippen LogP contribution is 2.57. The first kappa shape index (κ1) is 12.3. The van der Waals surface area contributed by atoms with Crippen molar-refractivity contribution in [3.8, 4) is 0 Å². The molecule has 0 unspecified atom stereocenters. The maximum atomic E-state index is 11.9. The highest BCUT2D eigenvalue weighted by molar-refractivity contribution is 5.69. The third-order valence-corrected chi connectivity index (χ3v) is 3.82. The van der Waals surface area contributed by atoms with E-state index in [0.29, 0.717) is 23.6 Å². The molecule has 3 rings (SSSR count). The summed E-state index contributed by atoms with van der Waals surface area (Å²) in [6.45, 7) is 7.19. The normalized spacial score (nSPS) is 29.2. The Morgan fingerprint density at radius 2 is 2.11 bits per heavy atom. The molecule has 104 valence electrons. The number of nitrogens with one attached hydrogen (secondary N) is 1.